The van der Waals surface area contributed by atoms with E-state index in [-0.39, 0.29) is 6.03 Å². The summed E-state index contributed by atoms with van der Waals surface area (Å²) in [6.07, 6.45) is 0. The summed E-state index contributed by atoms with van der Waals surface area (Å²) in [5.41, 5.74) is 3.95. The van der Waals surface area contributed by atoms with E-state index in [4.69, 9.17) is 0 Å². The number of piperazine rings is 1. The second-order valence-corrected chi connectivity index (χ2v) is 6.41. The van der Waals surface area contributed by atoms with E-state index in [2.05, 4.69) is 39.5 Å². The topological polar surface area (TPSA) is 47.6 Å². The third kappa shape index (κ3) is 4.73. The van der Waals surface area contributed by atoms with E-state index in [0.29, 0.717) is 0 Å². The first kappa shape index (κ1) is 17.3. The minimum atomic E-state index is -0.229. The van der Waals surface area contributed by atoms with Crippen molar-refractivity contribution in [3.63, 3.8) is 0 Å². The van der Waals surface area contributed by atoms with E-state index < -0.39 is 0 Å². The fourth-order valence-corrected chi connectivity index (χ4v) is 3.01. The summed E-state index contributed by atoms with van der Waals surface area (Å²) in [6.45, 7) is 9.66. The highest BCUT2D eigenvalue weighted by molar-refractivity contribution is 5.99. The van der Waals surface area contributed by atoms with E-state index >= 15 is 0 Å². The Labute approximate surface area is 149 Å². The molecule has 0 radical (unpaired) electrons. The first-order valence-corrected chi connectivity index (χ1v) is 8.86. The summed E-state index contributed by atoms with van der Waals surface area (Å²) in [4.78, 5) is 16.9. The summed E-state index contributed by atoms with van der Waals surface area (Å²) < 4.78 is 0. The van der Waals surface area contributed by atoms with Gasteiger partial charge in [0, 0.05) is 43.2 Å². The van der Waals surface area contributed by atoms with Gasteiger partial charge in [0.05, 0.1) is 0 Å². The molecule has 0 atom stereocenters. The van der Waals surface area contributed by atoms with Crippen LogP contribution in [0.5, 0.6) is 0 Å². The molecule has 0 aromatic heterocycles. The summed E-state index contributed by atoms with van der Waals surface area (Å²) in [5, 5.41) is 5.72. The largest absolute Gasteiger partial charge is 0.369 e. The molecule has 2 aromatic carbocycles. The van der Waals surface area contributed by atoms with Crippen molar-refractivity contribution in [2.75, 3.05) is 48.3 Å². The highest BCUT2D eigenvalue weighted by atomic mass is 16.2. The van der Waals surface area contributed by atoms with Gasteiger partial charge < -0.3 is 20.4 Å². The van der Waals surface area contributed by atoms with E-state index in [1.165, 1.54) is 11.3 Å². The van der Waals surface area contributed by atoms with Crippen LogP contribution in [-0.4, -0.2) is 43.7 Å². The molecule has 3 rings (SSSR count). The molecule has 5 heteroatoms. The lowest BCUT2D eigenvalue weighted by Crippen LogP contribution is -2.46. The molecule has 0 saturated carbocycles. The number of carbonyl (C=O) groups is 1. The zero-order chi connectivity index (χ0) is 17.6. The van der Waals surface area contributed by atoms with Gasteiger partial charge in [0.25, 0.3) is 0 Å². The molecule has 5 nitrogen and oxygen atoms in total. The Morgan fingerprint density at radius 2 is 1.40 bits per heavy atom. The lowest BCUT2D eigenvalue weighted by molar-refractivity contribution is 0.262. The molecule has 0 spiro atoms. The number of nitrogens with zero attached hydrogens (tertiary/aromatic N) is 2. The SMILES string of the molecule is CCN1CCN(c2ccc(NC(=O)Nc3ccc(C)cc3)cc2)CC1. The van der Waals surface area contributed by atoms with Gasteiger partial charge in [-0.2, -0.15) is 0 Å². The average Bonchev–Trinajstić information content (AvgIpc) is 2.64. The van der Waals surface area contributed by atoms with Crippen LogP contribution in [0.1, 0.15) is 12.5 Å². The minimum absolute atomic E-state index is 0.229. The van der Waals surface area contributed by atoms with Gasteiger partial charge in [0.1, 0.15) is 0 Å². The van der Waals surface area contributed by atoms with Gasteiger partial charge in [-0.15, -0.1) is 0 Å². The number of hydrogen-bond acceptors (Lipinski definition) is 3. The molecule has 2 amide bonds. The molecule has 1 saturated heterocycles. The van der Waals surface area contributed by atoms with Crippen LogP contribution < -0.4 is 15.5 Å². The molecule has 132 valence electrons. The zero-order valence-corrected chi connectivity index (χ0v) is 15.0. The maximum absolute atomic E-state index is 12.1. The number of likely N-dealkylation sites (N-methyl/N-ethyl adjacent to an activating group) is 1. The third-order valence-corrected chi connectivity index (χ3v) is 4.62. The van der Waals surface area contributed by atoms with E-state index in [9.17, 15) is 4.79 Å². The van der Waals surface area contributed by atoms with Crippen molar-refractivity contribution < 1.29 is 4.79 Å². The monoisotopic (exact) mass is 338 g/mol. The molecule has 0 bridgehead atoms. The normalized spacial score (nSPS) is 15.0. The quantitative estimate of drug-likeness (QED) is 0.892. The first-order valence-electron chi connectivity index (χ1n) is 8.86. The second-order valence-electron chi connectivity index (χ2n) is 6.41. The standard InChI is InChI=1S/C20H26N4O/c1-3-23-12-14-24(15-13-23)19-10-8-18(9-11-19)22-20(25)21-17-6-4-16(2)5-7-17/h4-11H,3,12-15H2,1-2H3,(H2,21,22,25). The Morgan fingerprint density at radius 3 is 1.92 bits per heavy atom. The van der Waals surface area contributed by atoms with Gasteiger partial charge in [-0.1, -0.05) is 24.6 Å². The van der Waals surface area contributed by atoms with Crippen LogP contribution in [0.3, 0.4) is 0 Å². The number of urea groups is 1. The number of hydrogen-bond donors (Lipinski definition) is 2. The summed E-state index contributed by atoms with van der Waals surface area (Å²) in [5.74, 6) is 0. The van der Waals surface area contributed by atoms with E-state index in [1.54, 1.807) is 0 Å². The fraction of sp³-hybridized carbons (Fsp3) is 0.350. The molecule has 0 aliphatic carbocycles. The fourth-order valence-electron chi connectivity index (χ4n) is 3.01. The van der Waals surface area contributed by atoms with E-state index in [1.807, 2.05) is 43.3 Å². The van der Waals surface area contributed by atoms with Crippen molar-refractivity contribution in [1.82, 2.24) is 4.90 Å². The van der Waals surface area contributed by atoms with Crippen molar-refractivity contribution in [1.29, 1.82) is 0 Å². The lowest BCUT2D eigenvalue weighted by atomic mass is 10.2. The van der Waals surface area contributed by atoms with Crippen LogP contribution >= 0.6 is 0 Å². The molecule has 25 heavy (non-hydrogen) atoms. The van der Waals surface area contributed by atoms with E-state index in [0.717, 1.165) is 44.1 Å². The van der Waals surface area contributed by atoms with Gasteiger partial charge in [0.2, 0.25) is 0 Å². The Kier molecular flexibility index (Phi) is 5.56. The summed E-state index contributed by atoms with van der Waals surface area (Å²) in [6, 6.07) is 15.6. The van der Waals surface area contributed by atoms with Crippen LogP contribution in [-0.2, 0) is 0 Å². The Hall–Kier alpha value is -2.53. The number of aryl methyl sites for hydroxylation is 1. The van der Waals surface area contributed by atoms with Crippen molar-refractivity contribution in [3.8, 4) is 0 Å². The predicted molar refractivity (Wildman–Crippen MR) is 105 cm³/mol. The number of benzene rings is 2. The smallest absolute Gasteiger partial charge is 0.323 e. The van der Waals surface area contributed by atoms with Crippen LogP contribution in [0.2, 0.25) is 0 Å². The predicted octanol–water partition coefficient (Wildman–Crippen LogP) is 3.78. The maximum Gasteiger partial charge on any atom is 0.323 e. The highest BCUT2D eigenvalue weighted by Gasteiger charge is 2.15. The van der Waals surface area contributed by atoms with Crippen molar-refractivity contribution >= 4 is 23.1 Å². The van der Waals surface area contributed by atoms with Gasteiger partial charge in [-0.3, -0.25) is 0 Å². The lowest BCUT2D eigenvalue weighted by Gasteiger charge is -2.35. The van der Waals surface area contributed by atoms with Crippen LogP contribution in [0.25, 0.3) is 0 Å². The van der Waals surface area contributed by atoms with Crippen molar-refractivity contribution in [2.45, 2.75) is 13.8 Å². The molecule has 1 heterocycles. The number of amides is 2. The first-order chi connectivity index (χ1) is 12.1. The second kappa shape index (κ2) is 8.03. The summed E-state index contributed by atoms with van der Waals surface area (Å²) >= 11 is 0. The molecule has 0 unspecified atom stereocenters. The number of anilines is 3. The molecule has 1 aliphatic heterocycles. The third-order valence-electron chi connectivity index (χ3n) is 4.62. The van der Waals surface area contributed by atoms with Crippen molar-refractivity contribution in [3.05, 3.63) is 54.1 Å². The molecular formula is C20H26N4O. The van der Waals surface area contributed by atoms with Gasteiger partial charge in [-0.25, -0.2) is 4.79 Å². The zero-order valence-electron chi connectivity index (χ0n) is 15.0. The van der Waals surface area contributed by atoms with Crippen molar-refractivity contribution in [2.24, 2.45) is 0 Å². The number of carbonyl (C=O) groups excluding carboxylic acids is 1. The average molecular weight is 338 g/mol. The Balaban J connectivity index is 1.53. The van der Waals surface area contributed by atoms with Gasteiger partial charge in [-0.05, 0) is 49.9 Å². The molecular weight excluding hydrogens is 312 g/mol. The van der Waals surface area contributed by atoms with Gasteiger partial charge >= 0.3 is 6.03 Å². The Bertz CT molecular complexity index is 689. The summed E-state index contributed by atoms with van der Waals surface area (Å²) in [7, 11) is 0. The molecule has 2 aromatic rings. The highest BCUT2D eigenvalue weighted by Crippen LogP contribution is 2.20. The van der Waals surface area contributed by atoms with Crippen LogP contribution in [0, 0.1) is 6.92 Å². The maximum atomic E-state index is 12.1. The Morgan fingerprint density at radius 1 is 0.880 bits per heavy atom. The molecule has 1 aliphatic rings. The molecule has 1 fully saturated rings. The number of nitrogens with one attached hydrogen (secondary N) is 2. The van der Waals surface area contributed by atoms with Crippen LogP contribution in [0.4, 0.5) is 21.9 Å². The van der Waals surface area contributed by atoms with Gasteiger partial charge in [0.15, 0.2) is 0 Å². The molecule has 2 N–H and O–H groups in total. The number of rotatable bonds is 4. The van der Waals surface area contributed by atoms with Crippen LogP contribution in [0.15, 0.2) is 48.5 Å². The minimum Gasteiger partial charge on any atom is -0.369 e.